The van der Waals surface area contributed by atoms with Crippen LogP contribution in [0.2, 0.25) is 0 Å². The summed E-state index contributed by atoms with van der Waals surface area (Å²) in [6.45, 7) is 7.58. The van der Waals surface area contributed by atoms with E-state index in [1.165, 1.54) is 11.1 Å². The van der Waals surface area contributed by atoms with Crippen LogP contribution in [-0.4, -0.2) is 46.4 Å². The normalized spacial score (nSPS) is 16.7. The number of halogens is 1. The molecule has 0 atom stereocenters. The molecule has 0 aromatic heterocycles. The van der Waals surface area contributed by atoms with Gasteiger partial charge in [-0.25, -0.2) is 0 Å². The minimum absolute atomic E-state index is 0. The zero-order valence-corrected chi connectivity index (χ0v) is 18.2. The topological polar surface area (TPSA) is 54.9 Å². The van der Waals surface area contributed by atoms with Gasteiger partial charge in [0.15, 0.2) is 5.96 Å². The summed E-state index contributed by atoms with van der Waals surface area (Å²) in [6, 6.07) is 6.44. The van der Waals surface area contributed by atoms with Crippen molar-refractivity contribution < 1.29 is 9.47 Å². The fourth-order valence-electron chi connectivity index (χ4n) is 3.26. The summed E-state index contributed by atoms with van der Waals surface area (Å²) < 4.78 is 11.3. The molecule has 0 saturated carbocycles. The van der Waals surface area contributed by atoms with Gasteiger partial charge in [0.2, 0.25) is 0 Å². The molecule has 1 aliphatic heterocycles. The number of benzene rings is 1. The van der Waals surface area contributed by atoms with Gasteiger partial charge in [-0.3, -0.25) is 4.99 Å². The van der Waals surface area contributed by atoms with E-state index >= 15 is 0 Å². The van der Waals surface area contributed by atoms with E-state index < -0.39 is 0 Å². The third-order valence-corrected chi connectivity index (χ3v) is 4.74. The fourth-order valence-corrected chi connectivity index (χ4v) is 3.26. The standard InChI is InChI=1S/C19H31N3O2.HI/c1-5-10-21-18(20-3)22-14-19(8-11-24-12-9-19)16-13-15(2)6-7-17(16)23-4;/h6-7,13H,5,8-12,14H2,1-4H3,(H2,20,21,22);1H. The van der Waals surface area contributed by atoms with Crippen molar-refractivity contribution in [1.82, 2.24) is 10.6 Å². The molecule has 2 N–H and O–H groups in total. The van der Waals surface area contributed by atoms with Crippen molar-refractivity contribution in [2.75, 3.05) is 40.5 Å². The molecule has 1 aliphatic rings. The molecule has 0 spiro atoms. The molecule has 5 nitrogen and oxygen atoms in total. The van der Waals surface area contributed by atoms with Crippen molar-refractivity contribution in [2.24, 2.45) is 4.99 Å². The summed E-state index contributed by atoms with van der Waals surface area (Å²) in [4.78, 5) is 4.33. The van der Waals surface area contributed by atoms with E-state index in [2.05, 4.69) is 47.7 Å². The Bertz CT molecular complexity index is 558. The van der Waals surface area contributed by atoms with Crippen LogP contribution in [0.5, 0.6) is 5.75 Å². The van der Waals surface area contributed by atoms with Crippen LogP contribution in [-0.2, 0) is 10.2 Å². The molecule has 25 heavy (non-hydrogen) atoms. The first-order valence-corrected chi connectivity index (χ1v) is 8.82. The van der Waals surface area contributed by atoms with E-state index in [9.17, 15) is 0 Å². The molecule has 1 aromatic carbocycles. The Morgan fingerprint density at radius 1 is 1.28 bits per heavy atom. The van der Waals surface area contributed by atoms with E-state index in [4.69, 9.17) is 9.47 Å². The maximum atomic E-state index is 5.66. The first-order chi connectivity index (χ1) is 11.6. The lowest BCUT2D eigenvalue weighted by molar-refractivity contribution is 0.0505. The van der Waals surface area contributed by atoms with Crippen LogP contribution in [0.1, 0.15) is 37.3 Å². The third kappa shape index (κ3) is 5.74. The molecular formula is C19H32IN3O2. The Balaban J connectivity index is 0.00000312. The van der Waals surface area contributed by atoms with Gasteiger partial charge in [0, 0.05) is 44.3 Å². The zero-order chi connectivity index (χ0) is 17.4. The van der Waals surface area contributed by atoms with Crippen LogP contribution in [0.25, 0.3) is 0 Å². The van der Waals surface area contributed by atoms with Crippen LogP contribution in [0.4, 0.5) is 0 Å². The van der Waals surface area contributed by atoms with Gasteiger partial charge in [0.25, 0.3) is 0 Å². The Morgan fingerprint density at radius 3 is 2.60 bits per heavy atom. The summed E-state index contributed by atoms with van der Waals surface area (Å²) in [5.74, 6) is 1.81. The minimum atomic E-state index is -0.000548. The van der Waals surface area contributed by atoms with Crippen LogP contribution in [0.15, 0.2) is 23.2 Å². The SMILES string of the molecule is CCCNC(=NC)NCC1(c2cc(C)ccc2OC)CCOCC1.I. The van der Waals surface area contributed by atoms with Gasteiger partial charge in [0.05, 0.1) is 7.11 Å². The van der Waals surface area contributed by atoms with Crippen molar-refractivity contribution >= 4 is 29.9 Å². The molecule has 142 valence electrons. The molecular weight excluding hydrogens is 429 g/mol. The average molecular weight is 461 g/mol. The lowest BCUT2D eigenvalue weighted by Crippen LogP contribution is -2.48. The highest BCUT2D eigenvalue weighted by Crippen LogP contribution is 2.39. The maximum absolute atomic E-state index is 5.66. The lowest BCUT2D eigenvalue weighted by atomic mass is 9.73. The van der Waals surface area contributed by atoms with Gasteiger partial charge >= 0.3 is 0 Å². The van der Waals surface area contributed by atoms with Gasteiger partial charge in [-0.1, -0.05) is 24.6 Å². The third-order valence-electron chi connectivity index (χ3n) is 4.74. The monoisotopic (exact) mass is 461 g/mol. The van der Waals surface area contributed by atoms with Gasteiger partial charge in [-0.05, 0) is 32.3 Å². The molecule has 0 unspecified atom stereocenters. The molecule has 0 amide bonds. The van der Waals surface area contributed by atoms with Gasteiger partial charge in [-0.2, -0.15) is 0 Å². The molecule has 0 aliphatic carbocycles. The largest absolute Gasteiger partial charge is 0.496 e. The molecule has 2 rings (SSSR count). The predicted octanol–water partition coefficient (Wildman–Crippen LogP) is 3.24. The van der Waals surface area contributed by atoms with Crippen molar-refractivity contribution in [1.29, 1.82) is 0 Å². The molecule has 1 aromatic rings. The average Bonchev–Trinajstić information content (AvgIpc) is 2.62. The molecule has 1 saturated heterocycles. The lowest BCUT2D eigenvalue weighted by Gasteiger charge is -2.39. The number of hydrogen-bond acceptors (Lipinski definition) is 3. The van der Waals surface area contributed by atoms with Gasteiger partial charge < -0.3 is 20.1 Å². The van der Waals surface area contributed by atoms with Crippen molar-refractivity contribution in [2.45, 2.75) is 38.5 Å². The quantitative estimate of drug-likeness (QED) is 0.388. The Labute approximate surface area is 169 Å². The Kier molecular flexibility index (Phi) is 9.56. The molecule has 0 radical (unpaired) electrons. The molecule has 1 fully saturated rings. The second kappa shape index (κ2) is 10.9. The van der Waals surface area contributed by atoms with Gasteiger partial charge in [-0.15, -0.1) is 24.0 Å². The number of aliphatic imine (C=N–C) groups is 1. The predicted molar refractivity (Wildman–Crippen MR) is 115 cm³/mol. The summed E-state index contributed by atoms with van der Waals surface area (Å²) in [5, 5.41) is 6.86. The van der Waals surface area contributed by atoms with E-state index in [0.717, 1.165) is 57.3 Å². The Hall–Kier alpha value is -1.02. The van der Waals surface area contributed by atoms with E-state index in [-0.39, 0.29) is 29.4 Å². The van der Waals surface area contributed by atoms with Crippen molar-refractivity contribution in [3.8, 4) is 5.75 Å². The number of ether oxygens (including phenoxy) is 2. The van der Waals surface area contributed by atoms with E-state index in [1.54, 1.807) is 7.11 Å². The van der Waals surface area contributed by atoms with Crippen LogP contribution >= 0.6 is 24.0 Å². The van der Waals surface area contributed by atoms with Crippen LogP contribution < -0.4 is 15.4 Å². The number of nitrogens with zero attached hydrogens (tertiary/aromatic N) is 1. The number of rotatable bonds is 6. The maximum Gasteiger partial charge on any atom is 0.191 e. The number of hydrogen-bond donors (Lipinski definition) is 2. The first-order valence-electron chi connectivity index (χ1n) is 8.82. The summed E-state index contributed by atoms with van der Waals surface area (Å²) >= 11 is 0. The molecule has 6 heteroatoms. The number of nitrogens with one attached hydrogen (secondary N) is 2. The van der Waals surface area contributed by atoms with Gasteiger partial charge in [0.1, 0.15) is 5.75 Å². The highest BCUT2D eigenvalue weighted by molar-refractivity contribution is 14.0. The highest BCUT2D eigenvalue weighted by atomic mass is 127. The number of guanidine groups is 1. The van der Waals surface area contributed by atoms with Crippen LogP contribution in [0, 0.1) is 6.92 Å². The van der Waals surface area contributed by atoms with E-state index in [0.29, 0.717) is 0 Å². The fraction of sp³-hybridized carbons (Fsp3) is 0.632. The summed E-state index contributed by atoms with van der Waals surface area (Å²) in [5.41, 5.74) is 2.52. The molecule has 0 bridgehead atoms. The van der Waals surface area contributed by atoms with E-state index in [1.807, 2.05) is 7.05 Å². The second-order valence-corrected chi connectivity index (χ2v) is 6.45. The number of methoxy groups -OCH3 is 1. The highest BCUT2D eigenvalue weighted by Gasteiger charge is 2.37. The second-order valence-electron chi connectivity index (χ2n) is 6.45. The molecule has 1 heterocycles. The Morgan fingerprint density at radius 2 is 2.00 bits per heavy atom. The number of aryl methyl sites for hydroxylation is 1. The summed E-state index contributed by atoms with van der Waals surface area (Å²) in [7, 11) is 3.56. The smallest absolute Gasteiger partial charge is 0.191 e. The first kappa shape index (κ1) is 22.0. The minimum Gasteiger partial charge on any atom is -0.496 e. The summed E-state index contributed by atoms with van der Waals surface area (Å²) in [6.07, 6.45) is 3.03. The van der Waals surface area contributed by atoms with Crippen LogP contribution in [0.3, 0.4) is 0 Å². The zero-order valence-electron chi connectivity index (χ0n) is 15.9. The van der Waals surface area contributed by atoms with Crippen molar-refractivity contribution in [3.63, 3.8) is 0 Å². The van der Waals surface area contributed by atoms with Crippen molar-refractivity contribution in [3.05, 3.63) is 29.3 Å².